The molecule has 1 fully saturated rings. The lowest BCUT2D eigenvalue weighted by Crippen LogP contribution is -2.39. The third-order valence-corrected chi connectivity index (χ3v) is 5.89. The number of nitrogens with zero attached hydrogens (tertiary/aromatic N) is 4. The number of anilines is 1. The molecule has 1 aliphatic rings. The number of nitrogens with one attached hydrogen (secondary N) is 1. The van der Waals surface area contributed by atoms with Crippen LogP contribution < -0.4 is 15.6 Å². The molecular formula is C22H25N5O4. The number of pyridine rings is 1. The molecule has 2 aromatic heterocycles. The van der Waals surface area contributed by atoms with Crippen LogP contribution in [0.4, 0.5) is 11.5 Å². The minimum Gasteiger partial charge on any atom is -0.497 e. The predicted octanol–water partition coefficient (Wildman–Crippen LogP) is 3.11. The molecule has 1 saturated heterocycles. The molecule has 1 N–H and O–H groups in total. The van der Waals surface area contributed by atoms with Crippen LogP contribution in [0.2, 0.25) is 0 Å². The Hall–Kier alpha value is -3.46. The number of likely N-dealkylation sites (tertiary alicyclic amines) is 1. The van der Waals surface area contributed by atoms with Crippen LogP contribution in [0, 0.1) is 16.0 Å². The van der Waals surface area contributed by atoms with Crippen LogP contribution in [-0.2, 0) is 0 Å². The summed E-state index contributed by atoms with van der Waals surface area (Å²) in [5, 5.41) is 14.8. The van der Waals surface area contributed by atoms with Gasteiger partial charge in [-0.3, -0.25) is 24.2 Å². The molecule has 9 heteroatoms. The third-order valence-electron chi connectivity index (χ3n) is 5.89. The van der Waals surface area contributed by atoms with E-state index in [1.165, 1.54) is 10.6 Å². The standard InChI is InChI=1S/C22H25N5O4/c1-25-12-5-6-16(19(25)15-8-10-17(31-2)11-9-15)14-23-21-20(27(29)30)22(28)26-13-4-3-7-18(26)24-21/h3-4,7-11,13,16,19,23H,5-6,12,14H2,1-2H3. The lowest BCUT2D eigenvalue weighted by atomic mass is 9.85. The van der Waals surface area contributed by atoms with E-state index in [0.717, 1.165) is 30.7 Å². The van der Waals surface area contributed by atoms with Gasteiger partial charge in [-0.05, 0) is 62.2 Å². The highest BCUT2D eigenvalue weighted by Gasteiger charge is 2.32. The zero-order valence-corrected chi connectivity index (χ0v) is 17.5. The van der Waals surface area contributed by atoms with Crippen molar-refractivity contribution in [2.75, 3.05) is 32.6 Å². The van der Waals surface area contributed by atoms with E-state index in [1.54, 1.807) is 25.3 Å². The molecule has 0 aliphatic carbocycles. The molecule has 3 heterocycles. The first-order valence-corrected chi connectivity index (χ1v) is 10.2. The van der Waals surface area contributed by atoms with Gasteiger partial charge in [0.15, 0.2) is 0 Å². The average Bonchev–Trinajstić information content (AvgIpc) is 2.77. The normalized spacial score (nSPS) is 19.3. The van der Waals surface area contributed by atoms with Gasteiger partial charge in [0.1, 0.15) is 11.4 Å². The molecule has 0 saturated carbocycles. The van der Waals surface area contributed by atoms with Gasteiger partial charge in [-0.2, -0.15) is 0 Å². The molecule has 31 heavy (non-hydrogen) atoms. The van der Waals surface area contributed by atoms with E-state index in [1.807, 2.05) is 12.1 Å². The summed E-state index contributed by atoms with van der Waals surface area (Å²) >= 11 is 0. The molecule has 0 amide bonds. The Kier molecular flexibility index (Phi) is 5.85. The van der Waals surface area contributed by atoms with Crippen molar-refractivity contribution in [2.45, 2.75) is 18.9 Å². The summed E-state index contributed by atoms with van der Waals surface area (Å²) in [6, 6.07) is 13.2. The summed E-state index contributed by atoms with van der Waals surface area (Å²) in [7, 11) is 3.73. The number of rotatable bonds is 6. The maximum atomic E-state index is 12.7. The van der Waals surface area contributed by atoms with Gasteiger partial charge in [0.25, 0.3) is 0 Å². The van der Waals surface area contributed by atoms with E-state index in [4.69, 9.17) is 4.74 Å². The first kappa shape index (κ1) is 20.8. The van der Waals surface area contributed by atoms with Gasteiger partial charge < -0.3 is 10.1 Å². The van der Waals surface area contributed by atoms with E-state index in [2.05, 4.69) is 34.4 Å². The Morgan fingerprint density at radius 1 is 1.26 bits per heavy atom. The molecule has 9 nitrogen and oxygen atoms in total. The van der Waals surface area contributed by atoms with Crippen molar-refractivity contribution in [2.24, 2.45) is 5.92 Å². The first-order chi connectivity index (χ1) is 15.0. The van der Waals surface area contributed by atoms with Crippen molar-refractivity contribution in [3.8, 4) is 5.75 Å². The Morgan fingerprint density at radius 3 is 2.74 bits per heavy atom. The van der Waals surface area contributed by atoms with E-state index in [-0.39, 0.29) is 17.8 Å². The van der Waals surface area contributed by atoms with E-state index < -0.39 is 16.2 Å². The minimum atomic E-state index is -0.689. The summed E-state index contributed by atoms with van der Waals surface area (Å²) in [5.41, 5.74) is 0.309. The van der Waals surface area contributed by atoms with Gasteiger partial charge in [0.2, 0.25) is 5.82 Å². The number of methoxy groups -OCH3 is 1. The second-order valence-electron chi connectivity index (χ2n) is 7.78. The summed E-state index contributed by atoms with van der Waals surface area (Å²) in [6.07, 6.45) is 3.48. The van der Waals surface area contributed by atoms with Gasteiger partial charge in [-0.15, -0.1) is 0 Å². The molecule has 4 rings (SSSR count). The van der Waals surface area contributed by atoms with Crippen LogP contribution in [0.15, 0.2) is 53.5 Å². The maximum absolute atomic E-state index is 12.7. The van der Waals surface area contributed by atoms with E-state index in [0.29, 0.717) is 12.2 Å². The van der Waals surface area contributed by atoms with E-state index >= 15 is 0 Å². The topological polar surface area (TPSA) is 102 Å². The van der Waals surface area contributed by atoms with Crippen LogP contribution in [0.25, 0.3) is 5.65 Å². The molecule has 2 unspecified atom stereocenters. The van der Waals surface area contributed by atoms with Crippen LogP contribution in [0.3, 0.4) is 0 Å². The SMILES string of the molecule is COc1ccc(C2C(CNc3nc4ccccn4c(=O)c3[N+](=O)[O-])CCCN2C)cc1. The fraction of sp³-hybridized carbons (Fsp3) is 0.364. The number of nitro groups is 1. The summed E-state index contributed by atoms with van der Waals surface area (Å²) < 4.78 is 6.46. The highest BCUT2D eigenvalue weighted by molar-refractivity contribution is 5.59. The molecule has 3 aromatic rings. The van der Waals surface area contributed by atoms with Crippen molar-refractivity contribution in [1.82, 2.24) is 14.3 Å². The number of ether oxygens (including phenoxy) is 1. The summed E-state index contributed by atoms with van der Waals surface area (Å²) in [5.74, 6) is 1.01. The zero-order chi connectivity index (χ0) is 22.0. The predicted molar refractivity (Wildman–Crippen MR) is 118 cm³/mol. The Morgan fingerprint density at radius 2 is 2.03 bits per heavy atom. The molecule has 0 bridgehead atoms. The smallest absolute Gasteiger partial charge is 0.376 e. The van der Waals surface area contributed by atoms with E-state index in [9.17, 15) is 14.9 Å². The Bertz CT molecular complexity index is 1140. The highest BCUT2D eigenvalue weighted by Crippen LogP contribution is 2.36. The highest BCUT2D eigenvalue weighted by atomic mass is 16.6. The maximum Gasteiger partial charge on any atom is 0.376 e. The Balaban J connectivity index is 1.63. The van der Waals surface area contributed by atoms with Crippen molar-refractivity contribution >= 4 is 17.2 Å². The lowest BCUT2D eigenvalue weighted by Gasteiger charge is -2.39. The fourth-order valence-corrected chi connectivity index (χ4v) is 4.40. The molecule has 1 aliphatic heterocycles. The number of benzene rings is 1. The molecule has 162 valence electrons. The zero-order valence-electron chi connectivity index (χ0n) is 17.5. The number of hydrogen-bond donors (Lipinski definition) is 1. The van der Waals surface area contributed by atoms with Gasteiger partial charge in [0.05, 0.1) is 12.0 Å². The van der Waals surface area contributed by atoms with Gasteiger partial charge in [-0.1, -0.05) is 18.2 Å². The van der Waals surface area contributed by atoms with Gasteiger partial charge >= 0.3 is 11.2 Å². The number of hydrogen-bond acceptors (Lipinski definition) is 7. The van der Waals surface area contributed by atoms with Crippen LogP contribution in [0.1, 0.15) is 24.4 Å². The van der Waals surface area contributed by atoms with Crippen molar-refractivity contribution in [1.29, 1.82) is 0 Å². The molecule has 1 aromatic carbocycles. The molecule has 0 radical (unpaired) electrons. The number of fused-ring (bicyclic) bond motifs is 1. The van der Waals surface area contributed by atoms with Crippen LogP contribution in [-0.4, -0.2) is 46.5 Å². The fourth-order valence-electron chi connectivity index (χ4n) is 4.40. The molecular weight excluding hydrogens is 398 g/mol. The second-order valence-corrected chi connectivity index (χ2v) is 7.78. The van der Waals surface area contributed by atoms with Crippen molar-refractivity contribution in [3.63, 3.8) is 0 Å². The van der Waals surface area contributed by atoms with Crippen LogP contribution in [0.5, 0.6) is 5.75 Å². The summed E-state index contributed by atoms with van der Waals surface area (Å²) in [4.78, 5) is 30.3. The van der Waals surface area contributed by atoms with Gasteiger partial charge in [0, 0.05) is 18.8 Å². The van der Waals surface area contributed by atoms with Crippen molar-refractivity contribution < 1.29 is 9.66 Å². The second kappa shape index (κ2) is 8.73. The van der Waals surface area contributed by atoms with Crippen LogP contribution >= 0.6 is 0 Å². The largest absolute Gasteiger partial charge is 0.497 e. The third kappa shape index (κ3) is 4.09. The monoisotopic (exact) mass is 423 g/mol. The number of aromatic nitrogens is 2. The van der Waals surface area contributed by atoms with Gasteiger partial charge in [-0.25, -0.2) is 4.98 Å². The van der Waals surface area contributed by atoms with Crippen molar-refractivity contribution in [3.05, 3.63) is 74.7 Å². The molecule has 0 spiro atoms. The molecule has 2 atom stereocenters. The first-order valence-electron chi connectivity index (χ1n) is 10.2. The Labute approximate surface area is 179 Å². The number of piperidine rings is 1. The lowest BCUT2D eigenvalue weighted by molar-refractivity contribution is -0.385. The average molecular weight is 423 g/mol. The minimum absolute atomic E-state index is 0.0166. The quantitative estimate of drug-likeness (QED) is 0.480. The summed E-state index contributed by atoms with van der Waals surface area (Å²) in [6.45, 7) is 1.44.